The van der Waals surface area contributed by atoms with E-state index in [1.54, 1.807) is 0 Å². The van der Waals surface area contributed by atoms with Gasteiger partial charge in [0.05, 0.1) is 0 Å². The van der Waals surface area contributed by atoms with Crippen LogP contribution in [0.3, 0.4) is 0 Å². The van der Waals surface area contributed by atoms with Crippen molar-refractivity contribution in [3.63, 3.8) is 0 Å². The van der Waals surface area contributed by atoms with Gasteiger partial charge < -0.3 is 0 Å². The maximum absolute atomic E-state index is 5.58. The summed E-state index contributed by atoms with van der Waals surface area (Å²) in [5.41, 5.74) is 8.73. The van der Waals surface area contributed by atoms with E-state index < -0.39 is 0 Å². The van der Waals surface area contributed by atoms with Crippen LogP contribution in [-0.2, 0) is 11.8 Å². The summed E-state index contributed by atoms with van der Waals surface area (Å²) in [5.74, 6) is 5.58. The number of nitrogens with two attached hydrogens (primary N) is 1. The fourth-order valence-electron chi connectivity index (χ4n) is 2.32. The second kappa shape index (κ2) is 5.85. The maximum Gasteiger partial charge on any atom is 0.0248 e. The Kier molecular flexibility index (Phi) is 4.94. The van der Waals surface area contributed by atoms with E-state index in [1.807, 2.05) is 0 Å². The van der Waals surface area contributed by atoms with Crippen LogP contribution in [0.1, 0.15) is 56.4 Å². The van der Waals surface area contributed by atoms with E-state index in [9.17, 15) is 0 Å². The van der Waals surface area contributed by atoms with Gasteiger partial charge in [0.2, 0.25) is 0 Å². The molecule has 0 radical (unpaired) electrons. The predicted octanol–water partition coefficient (Wildman–Crippen LogP) is 3.39. The van der Waals surface area contributed by atoms with Crippen molar-refractivity contribution in [2.45, 2.75) is 65.8 Å². The summed E-state index contributed by atoms with van der Waals surface area (Å²) in [6.07, 6.45) is 2.06. The van der Waals surface area contributed by atoms with Crippen LogP contribution in [-0.4, -0.2) is 6.04 Å². The lowest BCUT2D eigenvalue weighted by Gasteiger charge is -2.23. The van der Waals surface area contributed by atoms with E-state index in [0.29, 0.717) is 6.04 Å². The van der Waals surface area contributed by atoms with E-state index >= 15 is 0 Å². The lowest BCUT2D eigenvalue weighted by molar-refractivity contribution is 0.508. The van der Waals surface area contributed by atoms with E-state index in [0.717, 1.165) is 12.8 Å². The predicted molar refractivity (Wildman–Crippen MR) is 79.7 cm³/mol. The lowest BCUT2D eigenvalue weighted by Crippen LogP contribution is -2.36. The standard InChI is InChI=1S/C16H28N2/c1-7-14(18-17)10-15-11(2)8-13(9-12(15)3)16(4,5)6/h8-9,14,18H,7,10,17H2,1-6H3. The largest absolute Gasteiger partial charge is 0.271 e. The van der Waals surface area contributed by atoms with Crippen molar-refractivity contribution in [3.8, 4) is 0 Å². The first-order valence-corrected chi connectivity index (χ1v) is 6.86. The SMILES string of the molecule is CCC(Cc1c(C)cc(C(C)(C)C)cc1C)NN. The second-order valence-electron chi connectivity index (χ2n) is 6.31. The van der Waals surface area contributed by atoms with Crippen LogP contribution in [0.2, 0.25) is 0 Å². The van der Waals surface area contributed by atoms with Crippen LogP contribution in [0.15, 0.2) is 12.1 Å². The number of hydrazine groups is 1. The third-order valence-corrected chi connectivity index (χ3v) is 3.74. The molecule has 0 saturated carbocycles. The van der Waals surface area contributed by atoms with Gasteiger partial charge in [-0.15, -0.1) is 0 Å². The zero-order chi connectivity index (χ0) is 13.9. The lowest BCUT2D eigenvalue weighted by atomic mass is 9.83. The highest BCUT2D eigenvalue weighted by atomic mass is 15.2. The van der Waals surface area contributed by atoms with E-state index in [4.69, 9.17) is 5.84 Å². The molecule has 0 saturated heterocycles. The first kappa shape index (κ1) is 15.2. The number of hydrogen-bond acceptors (Lipinski definition) is 2. The molecule has 0 heterocycles. The Hall–Kier alpha value is -0.860. The third kappa shape index (κ3) is 3.56. The normalized spacial score (nSPS) is 13.7. The fraction of sp³-hybridized carbons (Fsp3) is 0.625. The molecule has 2 heteroatoms. The summed E-state index contributed by atoms with van der Waals surface area (Å²) < 4.78 is 0. The van der Waals surface area contributed by atoms with Gasteiger partial charge in [0.15, 0.2) is 0 Å². The summed E-state index contributed by atoms with van der Waals surface area (Å²) in [4.78, 5) is 0. The number of nitrogens with one attached hydrogen (secondary N) is 1. The molecule has 0 aromatic heterocycles. The van der Waals surface area contributed by atoms with Crippen LogP contribution >= 0.6 is 0 Å². The van der Waals surface area contributed by atoms with Crippen LogP contribution in [0.5, 0.6) is 0 Å². The van der Waals surface area contributed by atoms with Gasteiger partial charge in [-0.1, -0.05) is 39.8 Å². The van der Waals surface area contributed by atoms with E-state index in [-0.39, 0.29) is 5.41 Å². The minimum atomic E-state index is 0.213. The molecule has 3 N–H and O–H groups in total. The van der Waals surface area contributed by atoms with Crippen molar-refractivity contribution < 1.29 is 0 Å². The topological polar surface area (TPSA) is 38.0 Å². The fourth-order valence-corrected chi connectivity index (χ4v) is 2.32. The zero-order valence-corrected chi connectivity index (χ0v) is 12.7. The molecule has 0 aliphatic rings. The Bertz CT molecular complexity index is 375. The summed E-state index contributed by atoms with van der Waals surface area (Å²) in [5, 5.41) is 0. The van der Waals surface area contributed by atoms with Gasteiger partial charge >= 0.3 is 0 Å². The number of hydrogen-bond donors (Lipinski definition) is 2. The molecule has 1 aromatic rings. The monoisotopic (exact) mass is 248 g/mol. The summed E-state index contributed by atoms with van der Waals surface area (Å²) >= 11 is 0. The number of benzene rings is 1. The zero-order valence-electron chi connectivity index (χ0n) is 12.7. The van der Waals surface area contributed by atoms with Gasteiger partial charge in [0.1, 0.15) is 0 Å². The van der Waals surface area contributed by atoms with Crippen molar-refractivity contribution in [2.24, 2.45) is 5.84 Å². The van der Waals surface area contributed by atoms with Gasteiger partial charge in [-0.2, -0.15) is 0 Å². The molecule has 0 amide bonds. The number of aryl methyl sites for hydroxylation is 2. The molecule has 0 spiro atoms. The summed E-state index contributed by atoms with van der Waals surface area (Å²) in [7, 11) is 0. The van der Waals surface area contributed by atoms with Gasteiger partial charge in [-0.3, -0.25) is 11.3 Å². The van der Waals surface area contributed by atoms with E-state index in [2.05, 4.69) is 59.1 Å². The molecule has 1 rings (SSSR count). The molecule has 0 aliphatic heterocycles. The Morgan fingerprint density at radius 1 is 1.17 bits per heavy atom. The van der Waals surface area contributed by atoms with Crippen LogP contribution < -0.4 is 11.3 Å². The van der Waals surface area contributed by atoms with E-state index in [1.165, 1.54) is 22.3 Å². The summed E-state index contributed by atoms with van der Waals surface area (Å²) in [6, 6.07) is 5.01. The Morgan fingerprint density at radius 2 is 1.67 bits per heavy atom. The smallest absolute Gasteiger partial charge is 0.0248 e. The average molecular weight is 248 g/mol. The first-order chi connectivity index (χ1) is 8.29. The molecule has 1 unspecified atom stereocenters. The molecule has 1 aromatic carbocycles. The summed E-state index contributed by atoms with van der Waals surface area (Å²) in [6.45, 7) is 13.4. The Labute approximate surface area is 112 Å². The highest BCUT2D eigenvalue weighted by Crippen LogP contribution is 2.27. The molecule has 0 bridgehead atoms. The van der Waals surface area contributed by atoms with Gasteiger partial charge in [0.25, 0.3) is 0 Å². The van der Waals surface area contributed by atoms with Crippen molar-refractivity contribution in [3.05, 3.63) is 34.4 Å². The minimum absolute atomic E-state index is 0.213. The second-order valence-corrected chi connectivity index (χ2v) is 6.31. The average Bonchev–Trinajstić information content (AvgIpc) is 2.27. The van der Waals surface area contributed by atoms with Gasteiger partial charge in [0, 0.05) is 6.04 Å². The Balaban J connectivity index is 3.09. The maximum atomic E-state index is 5.58. The molecule has 1 atom stereocenters. The van der Waals surface area contributed by atoms with Crippen molar-refractivity contribution in [1.82, 2.24) is 5.43 Å². The molecular formula is C16H28N2. The molecule has 0 aliphatic carbocycles. The van der Waals surface area contributed by atoms with Crippen LogP contribution in [0, 0.1) is 13.8 Å². The number of rotatable bonds is 4. The molecule has 18 heavy (non-hydrogen) atoms. The van der Waals surface area contributed by atoms with Crippen molar-refractivity contribution in [2.75, 3.05) is 0 Å². The highest BCUT2D eigenvalue weighted by Gasteiger charge is 2.17. The van der Waals surface area contributed by atoms with Crippen LogP contribution in [0.25, 0.3) is 0 Å². The molecule has 0 fully saturated rings. The van der Waals surface area contributed by atoms with Gasteiger partial charge in [-0.05, 0) is 54.4 Å². The highest BCUT2D eigenvalue weighted by molar-refractivity contribution is 5.40. The molecule has 2 nitrogen and oxygen atoms in total. The molecular weight excluding hydrogens is 220 g/mol. The molecule has 102 valence electrons. The first-order valence-electron chi connectivity index (χ1n) is 6.86. The van der Waals surface area contributed by atoms with Crippen molar-refractivity contribution >= 4 is 0 Å². The Morgan fingerprint density at radius 3 is 2.00 bits per heavy atom. The minimum Gasteiger partial charge on any atom is -0.271 e. The van der Waals surface area contributed by atoms with Crippen LogP contribution in [0.4, 0.5) is 0 Å². The van der Waals surface area contributed by atoms with Crippen molar-refractivity contribution in [1.29, 1.82) is 0 Å². The quantitative estimate of drug-likeness (QED) is 0.633. The van der Waals surface area contributed by atoms with Gasteiger partial charge in [-0.25, -0.2) is 0 Å². The third-order valence-electron chi connectivity index (χ3n) is 3.74.